The standard InChI is InChI=1S/C20H26FN7/c21-17-4-1-2-5-18(17)28-9-6-16(15-28)14-25-19(22)26-10-12-27(13-11-26)20-23-7-3-8-24-20/h1-5,7-8,16H,6,9-15H2,(H2,22,25). The highest BCUT2D eigenvalue weighted by Gasteiger charge is 2.25. The van der Waals surface area contributed by atoms with E-state index in [-0.39, 0.29) is 5.82 Å². The molecule has 1 aromatic heterocycles. The summed E-state index contributed by atoms with van der Waals surface area (Å²) in [6.45, 7) is 5.61. The minimum atomic E-state index is -0.161. The van der Waals surface area contributed by atoms with E-state index in [9.17, 15) is 4.39 Å². The van der Waals surface area contributed by atoms with Crippen molar-refractivity contribution in [3.63, 3.8) is 0 Å². The number of guanidine groups is 1. The van der Waals surface area contributed by atoms with Crippen LogP contribution in [0.5, 0.6) is 0 Å². The van der Waals surface area contributed by atoms with Crippen molar-refractivity contribution in [1.82, 2.24) is 14.9 Å². The largest absolute Gasteiger partial charge is 0.370 e. The maximum absolute atomic E-state index is 14.0. The predicted octanol–water partition coefficient (Wildman–Crippen LogP) is 1.58. The van der Waals surface area contributed by atoms with E-state index in [2.05, 4.69) is 29.7 Å². The van der Waals surface area contributed by atoms with E-state index in [0.717, 1.165) is 51.6 Å². The van der Waals surface area contributed by atoms with Crippen LogP contribution in [0, 0.1) is 11.7 Å². The molecule has 7 nitrogen and oxygen atoms in total. The molecule has 0 saturated carbocycles. The number of aliphatic imine (C=N–C) groups is 1. The summed E-state index contributed by atoms with van der Waals surface area (Å²) in [7, 11) is 0. The van der Waals surface area contributed by atoms with E-state index in [1.54, 1.807) is 18.5 Å². The highest BCUT2D eigenvalue weighted by atomic mass is 19.1. The topological polar surface area (TPSA) is 73.9 Å². The van der Waals surface area contributed by atoms with Crippen LogP contribution < -0.4 is 15.5 Å². The van der Waals surface area contributed by atoms with Crippen molar-refractivity contribution >= 4 is 17.6 Å². The van der Waals surface area contributed by atoms with E-state index < -0.39 is 0 Å². The summed E-state index contributed by atoms with van der Waals surface area (Å²) in [5.41, 5.74) is 6.91. The summed E-state index contributed by atoms with van der Waals surface area (Å²) in [5, 5.41) is 0. The predicted molar refractivity (Wildman–Crippen MR) is 109 cm³/mol. The van der Waals surface area contributed by atoms with Gasteiger partial charge in [-0.2, -0.15) is 0 Å². The van der Waals surface area contributed by atoms with Crippen LogP contribution in [0.25, 0.3) is 0 Å². The zero-order chi connectivity index (χ0) is 19.3. The number of nitrogens with zero attached hydrogens (tertiary/aromatic N) is 6. The first kappa shape index (κ1) is 18.5. The van der Waals surface area contributed by atoms with Crippen LogP contribution in [0.1, 0.15) is 6.42 Å². The number of piperazine rings is 1. The molecule has 28 heavy (non-hydrogen) atoms. The number of rotatable bonds is 4. The van der Waals surface area contributed by atoms with Gasteiger partial charge in [-0.25, -0.2) is 14.4 Å². The Morgan fingerprint density at radius 2 is 1.79 bits per heavy atom. The average molecular weight is 383 g/mol. The molecule has 2 N–H and O–H groups in total. The molecule has 2 saturated heterocycles. The minimum Gasteiger partial charge on any atom is -0.370 e. The van der Waals surface area contributed by atoms with E-state index >= 15 is 0 Å². The van der Waals surface area contributed by atoms with Crippen LogP contribution in [0.4, 0.5) is 16.0 Å². The number of aromatic nitrogens is 2. The maximum atomic E-state index is 14.0. The van der Waals surface area contributed by atoms with E-state index in [1.165, 1.54) is 6.07 Å². The number of anilines is 2. The molecular weight excluding hydrogens is 357 g/mol. The van der Waals surface area contributed by atoms with E-state index in [4.69, 9.17) is 5.73 Å². The van der Waals surface area contributed by atoms with Crippen LogP contribution >= 0.6 is 0 Å². The zero-order valence-corrected chi connectivity index (χ0v) is 15.9. The Morgan fingerprint density at radius 3 is 2.54 bits per heavy atom. The molecule has 1 aromatic carbocycles. The van der Waals surface area contributed by atoms with Crippen LogP contribution in [0.2, 0.25) is 0 Å². The minimum absolute atomic E-state index is 0.161. The molecular formula is C20H26FN7. The lowest BCUT2D eigenvalue weighted by Crippen LogP contribution is -2.51. The number of nitrogens with two attached hydrogens (primary N) is 1. The van der Waals surface area contributed by atoms with Crippen molar-refractivity contribution in [2.45, 2.75) is 6.42 Å². The second-order valence-corrected chi connectivity index (χ2v) is 7.27. The van der Waals surface area contributed by atoms with Crippen molar-refractivity contribution in [2.24, 2.45) is 16.6 Å². The Hall–Kier alpha value is -2.90. The normalized spacial score (nSPS) is 20.7. The lowest BCUT2D eigenvalue weighted by Gasteiger charge is -2.35. The molecule has 148 valence electrons. The van der Waals surface area contributed by atoms with Crippen LogP contribution in [-0.2, 0) is 0 Å². The summed E-state index contributed by atoms with van der Waals surface area (Å²) in [6.07, 6.45) is 4.53. The number of halogens is 1. The van der Waals surface area contributed by atoms with Gasteiger partial charge in [-0.15, -0.1) is 0 Å². The summed E-state index contributed by atoms with van der Waals surface area (Å²) in [6, 6.07) is 8.77. The van der Waals surface area contributed by atoms with Crippen LogP contribution in [0.3, 0.4) is 0 Å². The molecule has 2 aliphatic rings. The summed E-state index contributed by atoms with van der Waals surface area (Å²) >= 11 is 0. The van der Waals surface area contributed by atoms with Gasteiger partial charge in [0.25, 0.3) is 0 Å². The van der Waals surface area contributed by atoms with Crippen molar-refractivity contribution in [3.8, 4) is 0 Å². The number of para-hydroxylation sites is 1. The zero-order valence-electron chi connectivity index (χ0n) is 15.9. The van der Waals surface area contributed by atoms with Gasteiger partial charge in [-0.05, 0) is 30.5 Å². The van der Waals surface area contributed by atoms with Gasteiger partial charge < -0.3 is 20.4 Å². The van der Waals surface area contributed by atoms with E-state index in [0.29, 0.717) is 24.1 Å². The lowest BCUT2D eigenvalue weighted by molar-refractivity contribution is 0.377. The Balaban J connectivity index is 1.27. The summed E-state index contributed by atoms with van der Waals surface area (Å²) in [4.78, 5) is 19.6. The Labute approximate surface area is 164 Å². The molecule has 0 radical (unpaired) electrons. The quantitative estimate of drug-likeness (QED) is 0.638. The number of benzene rings is 1. The van der Waals surface area contributed by atoms with Gasteiger partial charge >= 0.3 is 0 Å². The molecule has 3 heterocycles. The van der Waals surface area contributed by atoms with Gasteiger partial charge in [0.15, 0.2) is 5.96 Å². The molecule has 0 amide bonds. The molecule has 2 fully saturated rings. The van der Waals surface area contributed by atoms with Crippen molar-refractivity contribution in [3.05, 3.63) is 48.5 Å². The molecule has 2 aromatic rings. The SMILES string of the molecule is NC(=NCC1CCN(c2ccccc2F)C1)N1CCN(c2ncccn2)CC1. The first-order valence-corrected chi connectivity index (χ1v) is 9.77. The third-order valence-electron chi connectivity index (χ3n) is 5.43. The molecule has 2 aliphatic heterocycles. The third kappa shape index (κ3) is 4.16. The van der Waals surface area contributed by atoms with E-state index in [1.807, 2.05) is 18.2 Å². The van der Waals surface area contributed by atoms with Crippen molar-refractivity contribution in [1.29, 1.82) is 0 Å². The second kappa shape index (κ2) is 8.41. The fourth-order valence-electron chi connectivity index (χ4n) is 3.82. The Bertz CT molecular complexity index is 805. The monoisotopic (exact) mass is 383 g/mol. The smallest absolute Gasteiger partial charge is 0.225 e. The first-order valence-electron chi connectivity index (χ1n) is 9.77. The Morgan fingerprint density at radius 1 is 1.04 bits per heavy atom. The summed E-state index contributed by atoms with van der Waals surface area (Å²) < 4.78 is 14.0. The highest BCUT2D eigenvalue weighted by Crippen LogP contribution is 2.26. The molecule has 0 aliphatic carbocycles. The van der Waals surface area contributed by atoms with Gasteiger partial charge in [0, 0.05) is 58.2 Å². The van der Waals surface area contributed by atoms with Crippen LogP contribution in [-0.4, -0.2) is 66.6 Å². The maximum Gasteiger partial charge on any atom is 0.225 e. The third-order valence-corrected chi connectivity index (χ3v) is 5.43. The van der Waals surface area contributed by atoms with Gasteiger partial charge in [-0.1, -0.05) is 12.1 Å². The molecule has 0 spiro atoms. The second-order valence-electron chi connectivity index (χ2n) is 7.27. The fraction of sp³-hybridized carbons (Fsp3) is 0.450. The first-order chi connectivity index (χ1) is 13.7. The summed E-state index contributed by atoms with van der Waals surface area (Å²) in [5.74, 6) is 1.60. The van der Waals surface area contributed by atoms with Gasteiger partial charge in [0.2, 0.25) is 5.95 Å². The Kier molecular flexibility index (Phi) is 5.55. The molecule has 1 atom stereocenters. The fourth-order valence-corrected chi connectivity index (χ4v) is 3.82. The molecule has 8 heteroatoms. The molecule has 0 bridgehead atoms. The lowest BCUT2D eigenvalue weighted by atomic mass is 10.1. The number of hydrogen-bond donors (Lipinski definition) is 1. The van der Waals surface area contributed by atoms with Crippen molar-refractivity contribution < 1.29 is 4.39 Å². The average Bonchev–Trinajstić information content (AvgIpc) is 3.22. The van der Waals surface area contributed by atoms with Gasteiger partial charge in [0.1, 0.15) is 5.82 Å². The molecule has 4 rings (SSSR count). The van der Waals surface area contributed by atoms with Gasteiger partial charge in [-0.3, -0.25) is 4.99 Å². The number of hydrogen-bond acceptors (Lipinski definition) is 5. The van der Waals surface area contributed by atoms with Crippen LogP contribution in [0.15, 0.2) is 47.7 Å². The van der Waals surface area contributed by atoms with Crippen molar-refractivity contribution in [2.75, 3.05) is 55.6 Å². The van der Waals surface area contributed by atoms with Gasteiger partial charge in [0.05, 0.1) is 5.69 Å². The highest BCUT2D eigenvalue weighted by molar-refractivity contribution is 5.78. The molecule has 1 unspecified atom stereocenters.